The molecule has 220 valence electrons. The summed E-state index contributed by atoms with van der Waals surface area (Å²) < 4.78 is 5.25. The van der Waals surface area contributed by atoms with Gasteiger partial charge in [0.1, 0.15) is 12.2 Å². The second kappa shape index (κ2) is 33.4. The highest BCUT2D eigenvalue weighted by Gasteiger charge is 2.17. The number of carbonyl (C=O) groups excluding carboxylic acids is 2. The van der Waals surface area contributed by atoms with Crippen molar-refractivity contribution in [1.82, 2.24) is 0 Å². The van der Waals surface area contributed by atoms with Gasteiger partial charge in [-0.25, -0.2) is 0 Å². The summed E-state index contributed by atoms with van der Waals surface area (Å²) in [6.45, 7) is 2.60. The maximum absolute atomic E-state index is 12.1. The van der Waals surface area contributed by atoms with Crippen LogP contribution in [0.5, 0.6) is 0 Å². The molecule has 3 nitrogen and oxygen atoms in total. The highest BCUT2D eigenvalue weighted by Crippen LogP contribution is 2.14. The van der Waals surface area contributed by atoms with Crippen LogP contribution in [-0.4, -0.2) is 18.9 Å². The Labute approximate surface area is 261 Å². The molecule has 0 aromatic rings. The van der Waals surface area contributed by atoms with Crippen LogP contribution >= 0.6 is 0 Å². The topological polar surface area (TPSA) is 43.4 Å². The predicted octanol–water partition coefficient (Wildman–Crippen LogP) is 6.66. The number of esters is 1. The number of terminal acetylenes is 1. The van der Waals surface area contributed by atoms with Gasteiger partial charge in [-0.1, -0.05) is 109 Å². The number of aldehydes is 1. The van der Waals surface area contributed by atoms with Gasteiger partial charge in [0.2, 0.25) is 0 Å². The van der Waals surface area contributed by atoms with Gasteiger partial charge in [0, 0.05) is 6.42 Å². The van der Waals surface area contributed by atoms with E-state index in [1.165, 1.54) is 83.5 Å². The molecule has 0 saturated heterocycles. The summed E-state index contributed by atoms with van der Waals surface area (Å²) in [4.78, 5) is 23.4. The highest BCUT2D eigenvalue weighted by atomic mass is 16.5. The van der Waals surface area contributed by atoms with E-state index in [4.69, 9.17) is 11.2 Å². The first-order valence-corrected chi connectivity index (χ1v) is 15.3. The van der Waals surface area contributed by atoms with Crippen LogP contribution in [0.1, 0.15) is 116 Å². The summed E-state index contributed by atoms with van der Waals surface area (Å²) >= 11 is 0. The second-order valence-corrected chi connectivity index (χ2v) is 9.61. The van der Waals surface area contributed by atoms with Gasteiger partial charge < -0.3 is 9.53 Å². The Balaban J connectivity index is 3.92. The molecule has 0 N–H and O–H groups in total. The van der Waals surface area contributed by atoms with Crippen LogP contribution in [0.3, 0.4) is 0 Å². The van der Waals surface area contributed by atoms with Crippen molar-refractivity contribution in [3.63, 3.8) is 0 Å². The third-order valence-electron chi connectivity index (χ3n) is 6.07. The molecule has 0 aliphatic rings. The molecule has 0 amide bonds. The predicted molar refractivity (Wildman–Crippen MR) is 176 cm³/mol. The zero-order valence-corrected chi connectivity index (χ0v) is 25.7. The van der Waals surface area contributed by atoms with E-state index in [9.17, 15) is 9.59 Å². The molecular weight excluding hydrogens is 528 g/mol. The molecule has 0 saturated carbocycles. The van der Waals surface area contributed by atoms with E-state index in [1.54, 1.807) is 0 Å². The fraction of sp³-hybridized carbons (Fsp3) is 0.500. The Morgan fingerprint density at radius 1 is 0.558 bits per heavy atom. The molecule has 0 aliphatic heterocycles. The Kier molecular flexibility index (Phi) is 29.6. The van der Waals surface area contributed by atoms with Crippen LogP contribution in [0.25, 0.3) is 0 Å². The average molecular weight is 571 g/mol. The summed E-state index contributed by atoms with van der Waals surface area (Å²) in [6, 6.07) is 0. The lowest BCUT2D eigenvalue weighted by molar-refractivity contribution is -0.149. The summed E-state index contributed by atoms with van der Waals surface area (Å²) in [7, 11) is 0. The standard InChI is InChI=1S/C40H42O3/c1-3-5-7-9-11-13-15-17-19-21-22-24-26-28-30-32-34-36-39(38-41)40(42)43-37-35-33-31-29-27-25-23-20-18-16-14-12-10-8-6-4-2/h1,38-39H,4,6,8,10,12,14,16,18,20,23,25,27,29,31,33,35-37H2,2H3. The van der Waals surface area contributed by atoms with Crippen molar-refractivity contribution in [2.45, 2.75) is 116 Å². The number of hydrogen-bond acceptors (Lipinski definition) is 3. The molecule has 0 heterocycles. The zero-order chi connectivity index (χ0) is 31.3. The Morgan fingerprint density at radius 2 is 0.907 bits per heavy atom. The summed E-state index contributed by atoms with van der Waals surface area (Å²) in [5, 5.41) is 0. The summed E-state index contributed by atoms with van der Waals surface area (Å²) in [6.07, 6.45) is 26.2. The van der Waals surface area contributed by atoms with E-state index in [0.29, 0.717) is 12.9 Å². The molecule has 43 heavy (non-hydrogen) atoms. The van der Waals surface area contributed by atoms with Crippen molar-refractivity contribution in [3.8, 4) is 107 Å². The molecule has 0 radical (unpaired) electrons. The number of ether oxygens (including phenoxy) is 1. The lowest BCUT2D eigenvalue weighted by Gasteiger charge is -2.08. The Morgan fingerprint density at radius 3 is 1.28 bits per heavy atom. The van der Waals surface area contributed by atoms with Crippen molar-refractivity contribution in [2.24, 2.45) is 5.92 Å². The summed E-state index contributed by atoms with van der Waals surface area (Å²) in [5.41, 5.74) is 0. The van der Waals surface area contributed by atoms with E-state index in [2.05, 4.69) is 108 Å². The van der Waals surface area contributed by atoms with E-state index >= 15 is 0 Å². The van der Waals surface area contributed by atoms with Crippen LogP contribution in [0.15, 0.2) is 0 Å². The van der Waals surface area contributed by atoms with E-state index < -0.39 is 11.9 Å². The minimum absolute atomic E-state index is 0.0562. The molecular formula is C40H42O3. The molecule has 1 unspecified atom stereocenters. The molecule has 1 atom stereocenters. The smallest absolute Gasteiger partial charge is 0.317 e. The fourth-order valence-electron chi connectivity index (χ4n) is 3.76. The lowest BCUT2D eigenvalue weighted by Crippen LogP contribution is -2.19. The van der Waals surface area contributed by atoms with Gasteiger partial charge in [-0.05, 0) is 101 Å². The van der Waals surface area contributed by atoms with Crippen LogP contribution in [0, 0.1) is 113 Å². The molecule has 0 spiro atoms. The van der Waals surface area contributed by atoms with Crippen molar-refractivity contribution < 1.29 is 14.3 Å². The molecule has 0 aromatic carbocycles. The number of rotatable bonds is 20. The van der Waals surface area contributed by atoms with Crippen LogP contribution < -0.4 is 0 Å². The summed E-state index contributed by atoms with van der Waals surface area (Å²) in [5.74, 6) is 40.6. The van der Waals surface area contributed by atoms with Crippen LogP contribution in [0.4, 0.5) is 0 Å². The van der Waals surface area contributed by atoms with Gasteiger partial charge in [-0.3, -0.25) is 4.79 Å². The molecule has 0 fully saturated rings. The van der Waals surface area contributed by atoms with Crippen molar-refractivity contribution in [1.29, 1.82) is 0 Å². The van der Waals surface area contributed by atoms with Crippen molar-refractivity contribution >= 4 is 12.3 Å². The SMILES string of the molecule is C#CC#CC#CC#CC#CC#CC#CC#CC#CCC(C=O)C(=O)OCCCCCCCCCCCCCCCCCC. The number of carbonyl (C=O) groups is 2. The first kappa shape index (κ1) is 38.2. The lowest BCUT2D eigenvalue weighted by atomic mass is 10.0. The zero-order valence-electron chi connectivity index (χ0n) is 25.7. The normalized spacial score (nSPS) is 8.84. The van der Waals surface area contributed by atoms with Crippen LogP contribution in [0.2, 0.25) is 0 Å². The van der Waals surface area contributed by atoms with E-state index in [0.717, 1.165) is 19.3 Å². The molecule has 0 rings (SSSR count). The Bertz CT molecular complexity index is 1360. The van der Waals surface area contributed by atoms with Gasteiger partial charge in [-0.15, -0.1) is 6.42 Å². The molecule has 0 aliphatic carbocycles. The fourth-order valence-corrected chi connectivity index (χ4v) is 3.76. The van der Waals surface area contributed by atoms with Gasteiger partial charge in [-0.2, -0.15) is 0 Å². The Hall–Kier alpha value is -4.82. The minimum atomic E-state index is -0.907. The quantitative estimate of drug-likeness (QED) is 0.0541. The maximum atomic E-state index is 12.1. The van der Waals surface area contributed by atoms with E-state index in [1.807, 2.05) is 0 Å². The van der Waals surface area contributed by atoms with Gasteiger partial charge in [0.15, 0.2) is 0 Å². The first-order chi connectivity index (χ1) is 21.3. The average Bonchev–Trinajstić information content (AvgIpc) is 3.02. The van der Waals surface area contributed by atoms with Gasteiger partial charge in [0.05, 0.1) is 6.61 Å². The molecule has 3 heteroatoms. The third kappa shape index (κ3) is 30.0. The molecule has 0 bridgehead atoms. The number of unbranched alkanes of at least 4 members (excludes halogenated alkanes) is 15. The largest absolute Gasteiger partial charge is 0.465 e. The van der Waals surface area contributed by atoms with Crippen molar-refractivity contribution in [3.05, 3.63) is 0 Å². The van der Waals surface area contributed by atoms with E-state index in [-0.39, 0.29) is 6.42 Å². The third-order valence-corrected chi connectivity index (χ3v) is 6.07. The monoisotopic (exact) mass is 570 g/mol. The number of hydrogen-bond donors (Lipinski definition) is 0. The maximum Gasteiger partial charge on any atom is 0.317 e. The van der Waals surface area contributed by atoms with Crippen LogP contribution in [-0.2, 0) is 14.3 Å². The second-order valence-electron chi connectivity index (χ2n) is 9.61. The first-order valence-electron chi connectivity index (χ1n) is 15.3. The van der Waals surface area contributed by atoms with Gasteiger partial charge >= 0.3 is 5.97 Å². The minimum Gasteiger partial charge on any atom is -0.465 e. The molecule has 0 aromatic heterocycles. The highest BCUT2D eigenvalue weighted by molar-refractivity contribution is 5.88. The van der Waals surface area contributed by atoms with Crippen molar-refractivity contribution in [2.75, 3.05) is 6.61 Å². The van der Waals surface area contributed by atoms with Gasteiger partial charge in [0.25, 0.3) is 0 Å².